The molecule has 0 radical (unpaired) electrons. The molecule has 0 N–H and O–H groups in total. The van der Waals surface area contributed by atoms with Crippen molar-refractivity contribution < 1.29 is 23.8 Å². The maximum atomic E-state index is 12.3. The summed E-state index contributed by atoms with van der Waals surface area (Å²) in [7, 11) is 0. The van der Waals surface area contributed by atoms with Crippen LogP contribution in [0.3, 0.4) is 0 Å². The number of benzene rings is 2. The van der Waals surface area contributed by atoms with Crippen LogP contribution >= 0.6 is 0 Å². The van der Waals surface area contributed by atoms with E-state index >= 15 is 0 Å². The lowest BCUT2D eigenvalue weighted by Crippen LogP contribution is -2.08. The highest BCUT2D eigenvalue weighted by atomic mass is 16.5. The molecule has 0 aliphatic rings. The molecule has 0 bridgehead atoms. The summed E-state index contributed by atoms with van der Waals surface area (Å²) in [5.74, 6) is 0.159. The number of carbonyl (C=O) groups is 2. The van der Waals surface area contributed by atoms with Crippen molar-refractivity contribution in [2.45, 2.75) is 32.6 Å². The van der Waals surface area contributed by atoms with Crippen LogP contribution in [0.4, 0.5) is 0 Å². The molecule has 0 fully saturated rings. The fourth-order valence-electron chi connectivity index (χ4n) is 2.78. The van der Waals surface area contributed by atoms with E-state index in [-0.39, 0.29) is 11.5 Å². The first kappa shape index (κ1) is 25.9. The Balaban J connectivity index is 1.71. The van der Waals surface area contributed by atoms with E-state index in [9.17, 15) is 9.59 Å². The van der Waals surface area contributed by atoms with Gasteiger partial charge in [-0.25, -0.2) is 9.59 Å². The minimum atomic E-state index is -0.503. The third-order valence-electron chi connectivity index (χ3n) is 4.62. The summed E-state index contributed by atoms with van der Waals surface area (Å²) in [6, 6.07) is 16.8. The van der Waals surface area contributed by atoms with Crippen LogP contribution in [0.25, 0.3) is 6.08 Å². The molecule has 0 aliphatic heterocycles. The van der Waals surface area contributed by atoms with Crippen molar-refractivity contribution in [1.29, 1.82) is 10.5 Å². The van der Waals surface area contributed by atoms with Crippen LogP contribution in [0.1, 0.15) is 48.5 Å². The van der Waals surface area contributed by atoms with Gasteiger partial charge in [0.25, 0.3) is 0 Å². The van der Waals surface area contributed by atoms with Gasteiger partial charge in [-0.05, 0) is 80.6 Å². The number of unbranched alkanes of at least 4 members (excludes halogenated alkanes) is 3. The van der Waals surface area contributed by atoms with Crippen molar-refractivity contribution >= 4 is 18.0 Å². The normalized spacial score (nSPS) is 9.74. The van der Waals surface area contributed by atoms with Gasteiger partial charge in [-0.3, -0.25) is 0 Å². The minimum Gasteiger partial charge on any atom is -0.494 e. The molecule has 2 aromatic rings. The summed E-state index contributed by atoms with van der Waals surface area (Å²) >= 11 is 0. The zero-order valence-electron chi connectivity index (χ0n) is 19.1. The van der Waals surface area contributed by atoms with E-state index in [4.69, 9.17) is 24.7 Å². The lowest BCUT2D eigenvalue weighted by Gasteiger charge is -2.08. The van der Waals surface area contributed by atoms with Gasteiger partial charge in [0.1, 0.15) is 29.2 Å². The SMILES string of the molecule is C=C(C)C(=O)OCCCCCCOc1ccc(C(=O)Oc2ccc(C=C(C#N)C#N)cc2)cc1. The molecule has 0 saturated heterocycles. The van der Waals surface area contributed by atoms with Crippen molar-refractivity contribution in [3.63, 3.8) is 0 Å². The van der Waals surface area contributed by atoms with Gasteiger partial charge in [0.15, 0.2) is 0 Å². The van der Waals surface area contributed by atoms with Gasteiger partial charge in [-0.2, -0.15) is 10.5 Å². The fraction of sp³-hybridized carbons (Fsp3) is 0.259. The number of carbonyl (C=O) groups excluding carboxylic acids is 2. The number of rotatable bonds is 12. The first-order chi connectivity index (χ1) is 16.4. The van der Waals surface area contributed by atoms with Gasteiger partial charge in [0.05, 0.1) is 18.8 Å². The maximum absolute atomic E-state index is 12.3. The standard InChI is InChI=1S/C27H26N2O5/c1-20(2)26(30)33-16-6-4-3-5-15-32-24-13-9-23(10-14-24)27(31)34-25-11-7-21(8-12-25)17-22(18-28)19-29/h7-14,17H,1,3-6,15-16H2,2H3. The average molecular weight is 459 g/mol. The average Bonchev–Trinajstić information content (AvgIpc) is 2.85. The number of esters is 2. The Morgan fingerprint density at radius 2 is 1.47 bits per heavy atom. The molecule has 2 rings (SSSR count). The highest BCUT2D eigenvalue weighted by Gasteiger charge is 2.09. The predicted octanol–water partition coefficient (Wildman–Crippen LogP) is 5.39. The van der Waals surface area contributed by atoms with Crippen LogP contribution in [-0.2, 0) is 9.53 Å². The van der Waals surface area contributed by atoms with Crippen molar-refractivity contribution in [3.05, 3.63) is 77.4 Å². The monoisotopic (exact) mass is 458 g/mol. The highest BCUT2D eigenvalue weighted by Crippen LogP contribution is 2.18. The van der Waals surface area contributed by atoms with E-state index in [0.717, 1.165) is 25.7 Å². The van der Waals surface area contributed by atoms with Gasteiger partial charge in [-0.1, -0.05) is 18.7 Å². The number of nitriles is 2. The molecule has 0 atom stereocenters. The molecular weight excluding hydrogens is 432 g/mol. The second-order valence-corrected chi connectivity index (χ2v) is 7.44. The van der Waals surface area contributed by atoms with Gasteiger partial charge in [0, 0.05) is 5.57 Å². The number of hydrogen-bond acceptors (Lipinski definition) is 7. The van der Waals surface area contributed by atoms with Crippen LogP contribution in [0.2, 0.25) is 0 Å². The number of allylic oxidation sites excluding steroid dienone is 1. The number of nitrogens with zero attached hydrogens (tertiary/aromatic N) is 2. The predicted molar refractivity (Wildman–Crippen MR) is 127 cm³/mol. The number of ether oxygens (including phenoxy) is 3. The molecule has 7 heteroatoms. The Morgan fingerprint density at radius 1 is 0.882 bits per heavy atom. The van der Waals surface area contributed by atoms with Crippen LogP contribution in [0.15, 0.2) is 66.3 Å². The van der Waals surface area contributed by atoms with E-state index in [1.807, 2.05) is 0 Å². The summed E-state index contributed by atoms with van der Waals surface area (Å²) in [5.41, 5.74) is 1.44. The molecular formula is C27H26N2O5. The molecule has 0 amide bonds. The molecule has 0 unspecified atom stereocenters. The zero-order chi connectivity index (χ0) is 24.8. The van der Waals surface area contributed by atoms with Gasteiger partial charge >= 0.3 is 11.9 Å². The summed E-state index contributed by atoms with van der Waals surface area (Å²) in [4.78, 5) is 23.6. The van der Waals surface area contributed by atoms with Gasteiger partial charge in [0.2, 0.25) is 0 Å². The smallest absolute Gasteiger partial charge is 0.343 e. The van der Waals surface area contributed by atoms with Gasteiger partial charge in [-0.15, -0.1) is 0 Å². The minimum absolute atomic E-state index is 0.00587. The van der Waals surface area contributed by atoms with Crippen LogP contribution in [0.5, 0.6) is 11.5 Å². The summed E-state index contributed by atoms with van der Waals surface area (Å²) in [6.45, 7) is 6.11. The molecule has 2 aromatic carbocycles. The molecule has 7 nitrogen and oxygen atoms in total. The third kappa shape index (κ3) is 9.02. The molecule has 174 valence electrons. The van der Waals surface area contributed by atoms with E-state index in [2.05, 4.69) is 6.58 Å². The Bertz CT molecular complexity index is 1090. The lowest BCUT2D eigenvalue weighted by molar-refractivity contribution is -0.139. The van der Waals surface area contributed by atoms with Gasteiger partial charge < -0.3 is 14.2 Å². The Labute approximate surface area is 199 Å². The Morgan fingerprint density at radius 3 is 2.06 bits per heavy atom. The zero-order valence-corrected chi connectivity index (χ0v) is 19.1. The molecule has 0 saturated carbocycles. The van der Waals surface area contributed by atoms with Crippen molar-refractivity contribution in [1.82, 2.24) is 0 Å². The quantitative estimate of drug-likeness (QED) is 0.138. The van der Waals surface area contributed by atoms with Crippen molar-refractivity contribution in [2.75, 3.05) is 13.2 Å². The first-order valence-corrected chi connectivity index (χ1v) is 10.8. The summed E-state index contributed by atoms with van der Waals surface area (Å²) in [5, 5.41) is 17.6. The molecule has 34 heavy (non-hydrogen) atoms. The Hall–Kier alpha value is -4.36. The van der Waals surface area contributed by atoms with E-state index in [0.29, 0.717) is 41.4 Å². The van der Waals surface area contributed by atoms with Crippen LogP contribution < -0.4 is 9.47 Å². The largest absolute Gasteiger partial charge is 0.494 e. The summed E-state index contributed by atoms with van der Waals surface area (Å²) < 4.78 is 16.1. The van der Waals surface area contributed by atoms with Crippen molar-refractivity contribution in [3.8, 4) is 23.6 Å². The third-order valence-corrected chi connectivity index (χ3v) is 4.62. The lowest BCUT2D eigenvalue weighted by atomic mass is 10.1. The second-order valence-electron chi connectivity index (χ2n) is 7.44. The van der Waals surface area contributed by atoms with E-state index < -0.39 is 5.97 Å². The summed E-state index contributed by atoms with van der Waals surface area (Å²) in [6.07, 6.45) is 5.01. The maximum Gasteiger partial charge on any atom is 0.343 e. The highest BCUT2D eigenvalue weighted by molar-refractivity contribution is 5.91. The van der Waals surface area contributed by atoms with Crippen LogP contribution in [-0.4, -0.2) is 25.2 Å². The molecule has 0 aromatic heterocycles. The molecule has 0 heterocycles. The van der Waals surface area contributed by atoms with Crippen LogP contribution in [0, 0.1) is 22.7 Å². The topological polar surface area (TPSA) is 109 Å². The molecule has 0 aliphatic carbocycles. The second kappa shape index (κ2) is 13.9. The number of hydrogen-bond donors (Lipinski definition) is 0. The first-order valence-electron chi connectivity index (χ1n) is 10.8. The Kier molecular flexibility index (Phi) is 10.6. The van der Waals surface area contributed by atoms with E-state index in [1.54, 1.807) is 67.6 Å². The fourth-order valence-corrected chi connectivity index (χ4v) is 2.78. The molecule has 0 spiro atoms. The van der Waals surface area contributed by atoms with Crippen molar-refractivity contribution in [2.24, 2.45) is 0 Å². The van der Waals surface area contributed by atoms with E-state index in [1.165, 1.54) is 6.08 Å².